The van der Waals surface area contributed by atoms with Crippen LogP contribution >= 0.6 is 0 Å². The predicted molar refractivity (Wildman–Crippen MR) is 101 cm³/mol. The number of fused-ring (bicyclic) bond motifs is 1. The van der Waals surface area contributed by atoms with E-state index in [1.54, 1.807) is 48.5 Å². The fourth-order valence-electron chi connectivity index (χ4n) is 3.37. The van der Waals surface area contributed by atoms with Crippen LogP contribution in [-0.2, 0) is 9.59 Å². The van der Waals surface area contributed by atoms with Crippen molar-refractivity contribution in [2.45, 2.75) is 6.04 Å². The van der Waals surface area contributed by atoms with Crippen molar-refractivity contribution in [1.29, 1.82) is 0 Å². The number of carbonyl (C=O) groups excluding carboxylic acids is 3. The van der Waals surface area contributed by atoms with E-state index in [1.807, 2.05) is 0 Å². The monoisotopic (exact) mass is 379 g/mol. The molecule has 0 spiro atoms. The summed E-state index contributed by atoms with van der Waals surface area (Å²) in [6, 6.07) is 12.2. The molecule has 2 amide bonds. The van der Waals surface area contributed by atoms with Gasteiger partial charge in [0, 0.05) is 11.6 Å². The number of nitrogens with zero attached hydrogens (tertiary/aromatic N) is 2. The van der Waals surface area contributed by atoms with E-state index in [-0.39, 0.29) is 5.71 Å². The van der Waals surface area contributed by atoms with Crippen LogP contribution in [0.3, 0.4) is 0 Å². The Labute approximate surface area is 160 Å². The fourth-order valence-corrected chi connectivity index (χ4v) is 3.37. The lowest BCUT2D eigenvalue weighted by molar-refractivity contribution is -0.122. The van der Waals surface area contributed by atoms with Gasteiger partial charge in [-0.15, -0.1) is 0 Å². The molecular weight excluding hydrogens is 362 g/mol. The molecule has 2 aromatic carbocycles. The van der Waals surface area contributed by atoms with E-state index in [2.05, 4.69) is 10.5 Å². The van der Waals surface area contributed by atoms with Gasteiger partial charge >= 0.3 is 0 Å². The van der Waals surface area contributed by atoms with Gasteiger partial charge in [0.05, 0.1) is 19.9 Å². The first-order valence-corrected chi connectivity index (χ1v) is 8.59. The van der Waals surface area contributed by atoms with Crippen molar-refractivity contribution in [1.82, 2.24) is 5.43 Å². The number of hydrogen-bond donors (Lipinski definition) is 1. The second-order valence-electron chi connectivity index (χ2n) is 6.35. The molecule has 0 unspecified atom stereocenters. The average molecular weight is 379 g/mol. The Bertz CT molecular complexity index is 999. The molecule has 8 heteroatoms. The van der Waals surface area contributed by atoms with E-state index < -0.39 is 29.6 Å². The number of methoxy groups -OCH3 is 2. The molecule has 0 saturated carbocycles. The van der Waals surface area contributed by atoms with Crippen LogP contribution < -0.4 is 19.8 Å². The molecule has 2 heterocycles. The van der Waals surface area contributed by atoms with Crippen LogP contribution in [0.2, 0.25) is 0 Å². The van der Waals surface area contributed by atoms with Gasteiger partial charge in [0.25, 0.3) is 5.91 Å². The Morgan fingerprint density at radius 2 is 1.71 bits per heavy atom. The zero-order chi connectivity index (χ0) is 19.8. The van der Waals surface area contributed by atoms with Crippen LogP contribution in [0.15, 0.2) is 53.6 Å². The normalized spacial score (nSPS) is 20.5. The highest BCUT2D eigenvalue weighted by atomic mass is 16.5. The summed E-state index contributed by atoms with van der Waals surface area (Å²) in [5, 5.41) is 3.99. The Morgan fingerprint density at radius 3 is 2.39 bits per heavy atom. The molecule has 1 N–H and O–H groups in total. The maximum Gasteiger partial charge on any atom is 0.259 e. The number of hydrazone groups is 1. The minimum Gasteiger partial charge on any atom is -0.497 e. The van der Waals surface area contributed by atoms with Crippen LogP contribution in [0, 0.1) is 5.92 Å². The van der Waals surface area contributed by atoms with Gasteiger partial charge in [-0.1, -0.05) is 6.07 Å². The molecule has 4 rings (SSSR count). The number of hydrogen-bond acceptors (Lipinski definition) is 7. The lowest BCUT2D eigenvalue weighted by Crippen LogP contribution is -2.36. The molecule has 2 aliphatic rings. The summed E-state index contributed by atoms with van der Waals surface area (Å²) in [7, 11) is 3.03. The van der Waals surface area contributed by atoms with E-state index >= 15 is 0 Å². The Kier molecular flexibility index (Phi) is 4.31. The highest BCUT2D eigenvalue weighted by molar-refractivity contribution is 6.52. The van der Waals surface area contributed by atoms with Crippen molar-refractivity contribution in [3.63, 3.8) is 0 Å². The van der Waals surface area contributed by atoms with Gasteiger partial charge in [-0.05, 0) is 36.4 Å². The Balaban J connectivity index is 1.63. The van der Waals surface area contributed by atoms with E-state index in [1.165, 1.54) is 14.2 Å². The van der Waals surface area contributed by atoms with Crippen molar-refractivity contribution in [3.8, 4) is 11.5 Å². The number of amides is 2. The molecule has 2 aromatic rings. The summed E-state index contributed by atoms with van der Waals surface area (Å²) < 4.78 is 10.2. The van der Waals surface area contributed by atoms with Crippen molar-refractivity contribution < 1.29 is 23.9 Å². The van der Waals surface area contributed by atoms with E-state index in [4.69, 9.17) is 9.47 Å². The fraction of sp³-hybridized carbons (Fsp3) is 0.200. The molecule has 2 aliphatic heterocycles. The molecule has 8 nitrogen and oxygen atoms in total. The number of ketones is 1. The van der Waals surface area contributed by atoms with E-state index in [0.717, 1.165) is 4.90 Å². The highest BCUT2D eigenvalue weighted by Crippen LogP contribution is 2.33. The third kappa shape index (κ3) is 2.70. The molecule has 0 aliphatic carbocycles. The number of anilines is 1. The smallest absolute Gasteiger partial charge is 0.259 e. The summed E-state index contributed by atoms with van der Waals surface area (Å²) in [4.78, 5) is 39.7. The van der Waals surface area contributed by atoms with Gasteiger partial charge in [0.2, 0.25) is 11.7 Å². The topological polar surface area (TPSA) is 97.3 Å². The van der Waals surface area contributed by atoms with Crippen LogP contribution in [0.25, 0.3) is 0 Å². The summed E-state index contributed by atoms with van der Waals surface area (Å²) >= 11 is 0. The number of imide groups is 1. The molecule has 28 heavy (non-hydrogen) atoms. The summed E-state index contributed by atoms with van der Waals surface area (Å²) in [5.41, 5.74) is 3.43. The van der Waals surface area contributed by atoms with Gasteiger partial charge < -0.3 is 9.47 Å². The highest BCUT2D eigenvalue weighted by Gasteiger charge is 2.55. The van der Waals surface area contributed by atoms with Crippen LogP contribution in [-0.4, -0.2) is 43.6 Å². The second kappa shape index (κ2) is 6.80. The van der Waals surface area contributed by atoms with Gasteiger partial charge in [0.15, 0.2) is 0 Å². The first-order chi connectivity index (χ1) is 13.5. The van der Waals surface area contributed by atoms with Gasteiger partial charge in [-0.3, -0.25) is 19.8 Å². The quantitative estimate of drug-likeness (QED) is 0.623. The van der Waals surface area contributed by atoms with Crippen molar-refractivity contribution in [2.75, 3.05) is 19.1 Å². The zero-order valence-electron chi connectivity index (χ0n) is 15.2. The number of benzene rings is 2. The minimum absolute atomic E-state index is 0.0268. The first kappa shape index (κ1) is 17.7. The van der Waals surface area contributed by atoms with Crippen LogP contribution in [0.4, 0.5) is 5.69 Å². The van der Waals surface area contributed by atoms with Crippen LogP contribution in [0.5, 0.6) is 11.5 Å². The number of rotatable bonds is 5. The third-order valence-electron chi connectivity index (χ3n) is 4.82. The van der Waals surface area contributed by atoms with Gasteiger partial charge in [0.1, 0.15) is 29.2 Å². The van der Waals surface area contributed by atoms with Crippen LogP contribution in [0.1, 0.15) is 10.4 Å². The number of carbonyl (C=O) groups is 3. The number of Topliss-reactive ketones (excluding diaryl/α,β-unsaturated/α-hetero) is 1. The molecule has 1 fully saturated rings. The minimum atomic E-state index is -0.965. The van der Waals surface area contributed by atoms with Crippen molar-refractivity contribution in [3.05, 3.63) is 54.1 Å². The van der Waals surface area contributed by atoms with Crippen molar-refractivity contribution >= 4 is 29.0 Å². The summed E-state index contributed by atoms with van der Waals surface area (Å²) in [6.07, 6.45) is 0. The molecule has 142 valence electrons. The molecule has 0 aromatic heterocycles. The maximum absolute atomic E-state index is 13.0. The SMILES string of the molecule is COc1ccc(C(=O)C2=NN[C@H]3C(=O)N(c4cccc(OC)c4)C(=O)[C@H]23)cc1. The Hall–Kier alpha value is -3.68. The number of nitrogens with one attached hydrogen (secondary N) is 1. The summed E-state index contributed by atoms with van der Waals surface area (Å²) in [6.45, 7) is 0. The third-order valence-corrected chi connectivity index (χ3v) is 4.82. The van der Waals surface area contributed by atoms with Gasteiger partial charge in [-0.25, -0.2) is 4.90 Å². The van der Waals surface area contributed by atoms with Crippen molar-refractivity contribution in [2.24, 2.45) is 11.0 Å². The first-order valence-electron chi connectivity index (χ1n) is 8.59. The average Bonchev–Trinajstić information content (AvgIpc) is 3.27. The molecule has 0 bridgehead atoms. The standard InChI is InChI=1S/C20H17N3O5/c1-27-13-8-6-11(7-9-13)18(24)16-15-17(22-21-16)20(26)23(19(15)25)12-4-3-5-14(10-12)28-2/h3-10,15,17,22H,1-2H3/t15-,17-/m1/s1. The largest absolute Gasteiger partial charge is 0.497 e. The molecule has 2 atom stereocenters. The Morgan fingerprint density at radius 1 is 1.00 bits per heavy atom. The second-order valence-corrected chi connectivity index (χ2v) is 6.35. The lowest BCUT2D eigenvalue weighted by Gasteiger charge is -2.16. The summed E-state index contributed by atoms with van der Waals surface area (Å²) in [5.74, 6) is -1.19. The predicted octanol–water partition coefficient (Wildman–Crippen LogP) is 1.40. The zero-order valence-corrected chi connectivity index (χ0v) is 15.2. The lowest BCUT2D eigenvalue weighted by atomic mass is 9.92. The maximum atomic E-state index is 13.0. The molecule has 0 radical (unpaired) electrons. The molecular formula is C20H17N3O5. The molecule has 1 saturated heterocycles. The van der Waals surface area contributed by atoms with E-state index in [0.29, 0.717) is 22.7 Å². The van der Waals surface area contributed by atoms with Gasteiger partial charge in [-0.2, -0.15) is 5.10 Å². The number of ether oxygens (including phenoxy) is 2. The van der Waals surface area contributed by atoms with E-state index in [9.17, 15) is 14.4 Å².